The summed E-state index contributed by atoms with van der Waals surface area (Å²) in [6.07, 6.45) is 3.06. The van der Waals surface area contributed by atoms with E-state index >= 15 is 0 Å². The van der Waals surface area contributed by atoms with E-state index < -0.39 is 0 Å². The molecule has 7 nitrogen and oxygen atoms in total. The predicted molar refractivity (Wildman–Crippen MR) is 87.2 cm³/mol. The highest BCUT2D eigenvalue weighted by molar-refractivity contribution is 7.14. The number of aryl methyl sites for hydroxylation is 1. The van der Waals surface area contributed by atoms with Crippen LogP contribution in [0.25, 0.3) is 21.6 Å². The van der Waals surface area contributed by atoms with Crippen molar-refractivity contribution in [1.29, 1.82) is 0 Å². The number of hydrogen-bond acceptors (Lipinski definition) is 6. The van der Waals surface area contributed by atoms with Gasteiger partial charge in [0.1, 0.15) is 21.7 Å². The van der Waals surface area contributed by atoms with Crippen LogP contribution in [0, 0.1) is 0 Å². The molecule has 0 spiro atoms. The molecule has 0 aliphatic carbocycles. The lowest BCUT2D eigenvalue weighted by molar-refractivity contribution is 0.726. The molecule has 0 radical (unpaired) electrons. The Labute approximate surface area is 134 Å². The van der Waals surface area contributed by atoms with Crippen molar-refractivity contribution in [3.63, 3.8) is 0 Å². The minimum atomic E-state index is -0.125. The number of rotatable bonds is 3. The summed E-state index contributed by atoms with van der Waals surface area (Å²) in [7, 11) is 1.76. The molecule has 4 rings (SSSR count). The summed E-state index contributed by atoms with van der Waals surface area (Å²) < 4.78 is 3.11. The number of aromatic nitrogens is 6. The van der Waals surface area contributed by atoms with Crippen LogP contribution in [0.15, 0.2) is 47.7 Å². The monoisotopic (exact) mass is 324 g/mol. The highest BCUT2D eigenvalue weighted by atomic mass is 32.1. The Morgan fingerprint density at radius 2 is 2.00 bits per heavy atom. The van der Waals surface area contributed by atoms with Gasteiger partial charge in [-0.1, -0.05) is 41.7 Å². The Hall–Kier alpha value is -2.87. The highest BCUT2D eigenvalue weighted by Gasteiger charge is 2.11. The van der Waals surface area contributed by atoms with Gasteiger partial charge in [-0.05, 0) is 0 Å². The molecular formula is C15H12N6OS. The fourth-order valence-electron chi connectivity index (χ4n) is 2.34. The molecule has 114 valence electrons. The van der Waals surface area contributed by atoms with E-state index in [-0.39, 0.29) is 5.56 Å². The lowest BCUT2D eigenvalue weighted by Crippen LogP contribution is -2.21. The topological polar surface area (TPSA) is 78.5 Å². The summed E-state index contributed by atoms with van der Waals surface area (Å²) in [5.41, 5.74) is 1.47. The predicted octanol–water partition coefficient (Wildman–Crippen LogP) is 1.70. The molecule has 0 unspecified atom stereocenters. The van der Waals surface area contributed by atoms with E-state index in [0.717, 1.165) is 15.6 Å². The van der Waals surface area contributed by atoms with Crippen LogP contribution >= 0.6 is 11.3 Å². The Morgan fingerprint density at radius 3 is 2.83 bits per heavy atom. The number of hydrogen-bond donors (Lipinski definition) is 0. The lowest BCUT2D eigenvalue weighted by Gasteiger charge is -2.01. The second-order valence-corrected chi connectivity index (χ2v) is 6.11. The molecule has 4 aromatic rings. The fraction of sp³-hybridized carbons (Fsp3) is 0.133. The van der Waals surface area contributed by atoms with E-state index in [0.29, 0.717) is 17.6 Å². The van der Waals surface area contributed by atoms with Crippen LogP contribution in [0.1, 0.15) is 5.01 Å². The molecule has 0 amide bonds. The molecule has 1 aromatic carbocycles. The zero-order valence-electron chi connectivity index (χ0n) is 12.2. The Bertz CT molecular complexity index is 1030. The van der Waals surface area contributed by atoms with E-state index in [1.165, 1.54) is 28.4 Å². The fourth-order valence-corrected chi connectivity index (χ4v) is 3.18. The summed E-state index contributed by atoms with van der Waals surface area (Å²) in [4.78, 5) is 16.7. The van der Waals surface area contributed by atoms with Crippen LogP contribution < -0.4 is 5.56 Å². The molecule has 23 heavy (non-hydrogen) atoms. The van der Waals surface area contributed by atoms with Crippen molar-refractivity contribution in [3.8, 4) is 10.6 Å². The third-order valence-corrected chi connectivity index (χ3v) is 4.47. The second-order valence-electron chi connectivity index (χ2n) is 5.05. The van der Waals surface area contributed by atoms with Gasteiger partial charge in [-0.25, -0.2) is 4.98 Å². The van der Waals surface area contributed by atoms with Gasteiger partial charge in [-0.3, -0.25) is 14.0 Å². The smallest absolute Gasteiger partial charge is 0.264 e. The first-order valence-electron chi connectivity index (χ1n) is 6.97. The van der Waals surface area contributed by atoms with Crippen molar-refractivity contribution in [2.75, 3.05) is 0 Å². The van der Waals surface area contributed by atoms with Crippen LogP contribution in [-0.2, 0) is 13.6 Å². The number of benzene rings is 1. The Kier molecular flexibility index (Phi) is 3.23. The van der Waals surface area contributed by atoms with Crippen molar-refractivity contribution in [2.45, 2.75) is 6.54 Å². The Morgan fingerprint density at radius 1 is 1.17 bits per heavy atom. The van der Waals surface area contributed by atoms with Gasteiger partial charge in [-0.2, -0.15) is 5.10 Å². The van der Waals surface area contributed by atoms with Crippen molar-refractivity contribution < 1.29 is 0 Å². The average Bonchev–Trinajstić information content (AvgIpc) is 3.19. The first kappa shape index (κ1) is 13.8. The normalized spacial score (nSPS) is 11.2. The highest BCUT2D eigenvalue weighted by Crippen LogP contribution is 2.23. The largest absolute Gasteiger partial charge is 0.292 e. The van der Waals surface area contributed by atoms with Gasteiger partial charge < -0.3 is 0 Å². The van der Waals surface area contributed by atoms with Crippen molar-refractivity contribution >= 4 is 22.4 Å². The quantitative estimate of drug-likeness (QED) is 0.573. The van der Waals surface area contributed by atoms with Gasteiger partial charge in [0.05, 0.1) is 12.7 Å². The van der Waals surface area contributed by atoms with Crippen LogP contribution in [0.5, 0.6) is 0 Å². The first-order chi connectivity index (χ1) is 11.2. The zero-order chi connectivity index (χ0) is 15.8. The maximum absolute atomic E-state index is 12.4. The zero-order valence-corrected chi connectivity index (χ0v) is 13.1. The van der Waals surface area contributed by atoms with E-state index in [1.807, 2.05) is 30.3 Å². The summed E-state index contributed by atoms with van der Waals surface area (Å²) >= 11 is 1.47. The SMILES string of the molecule is Cn1ncc2c(=O)n(Cc3nnc(-c4ccccc4)s3)cnc21. The van der Waals surface area contributed by atoms with Crippen LogP contribution in [0.4, 0.5) is 0 Å². The summed E-state index contributed by atoms with van der Waals surface area (Å²) in [5.74, 6) is 0. The van der Waals surface area contributed by atoms with Crippen LogP contribution in [-0.4, -0.2) is 29.5 Å². The Balaban J connectivity index is 1.68. The van der Waals surface area contributed by atoms with Gasteiger partial charge in [0.2, 0.25) is 0 Å². The van der Waals surface area contributed by atoms with Gasteiger partial charge in [0.15, 0.2) is 5.65 Å². The summed E-state index contributed by atoms with van der Waals surface area (Å²) in [6.45, 7) is 0.348. The van der Waals surface area contributed by atoms with Gasteiger partial charge in [0.25, 0.3) is 5.56 Å². The molecule has 0 bridgehead atoms. The molecule has 0 aliphatic heterocycles. The molecule has 0 saturated heterocycles. The maximum atomic E-state index is 12.4. The van der Waals surface area contributed by atoms with E-state index in [4.69, 9.17) is 0 Å². The van der Waals surface area contributed by atoms with E-state index in [9.17, 15) is 4.79 Å². The molecular weight excluding hydrogens is 312 g/mol. The van der Waals surface area contributed by atoms with Crippen LogP contribution in [0.3, 0.4) is 0 Å². The third-order valence-electron chi connectivity index (χ3n) is 3.51. The summed E-state index contributed by atoms with van der Waals surface area (Å²) in [6, 6.07) is 9.85. The molecule has 8 heteroatoms. The standard InChI is InChI=1S/C15H12N6OS/c1-20-13-11(7-17-20)15(22)21(9-16-13)8-12-18-19-14(23-12)10-5-3-2-4-6-10/h2-7,9H,8H2,1H3. The van der Waals surface area contributed by atoms with Crippen molar-refractivity contribution in [1.82, 2.24) is 29.5 Å². The minimum absolute atomic E-state index is 0.125. The number of fused-ring (bicyclic) bond motifs is 1. The molecule has 3 aromatic heterocycles. The second kappa shape index (κ2) is 5.40. The van der Waals surface area contributed by atoms with Crippen molar-refractivity contribution in [3.05, 3.63) is 58.2 Å². The number of nitrogens with zero attached hydrogens (tertiary/aromatic N) is 6. The van der Waals surface area contributed by atoms with Gasteiger partial charge >= 0.3 is 0 Å². The molecule has 0 fully saturated rings. The van der Waals surface area contributed by atoms with Gasteiger partial charge in [-0.15, -0.1) is 10.2 Å². The molecule has 0 atom stereocenters. The minimum Gasteiger partial charge on any atom is -0.292 e. The van der Waals surface area contributed by atoms with Gasteiger partial charge in [0, 0.05) is 12.6 Å². The van der Waals surface area contributed by atoms with Crippen LogP contribution in [0.2, 0.25) is 0 Å². The average molecular weight is 324 g/mol. The first-order valence-corrected chi connectivity index (χ1v) is 7.79. The molecule has 3 heterocycles. The van der Waals surface area contributed by atoms with Crippen molar-refractivity contribution in [2.24, 2.45) is 7.05 Å². The summed E-state index contributed by atoms with van der Waals surface area (Å²) in [5, 5.41) is 14.5. The molecule has 0 saturated carbocycles. The lowest BCUT2D eigenvalue weighted by atomic mass is 10.2. The molecule has 0 N–H and O–H groups in total. The van der Waals surface area contributed by atoms with E-state index in [1.54, 1.807) is 11.7 Å². The maximum Gasteiger partial charge on any atom is 0.264 e. The van der Waals surface area contributed by atoms with E-state index in [2.05, 4.69) is 20.3 Å². The molecule has 0 aliphatic rings. The third kappa shape index (κ3) is 2.42.